The number of hydrogen-bond donors (Lipinski definition) is 0. The molecule has 0 saturated carbocycles. The quantitative estimate of drug-likeness (QED) is 0.589. The molecule has 130 valence electrons. The summed E-state index contributed by atoms with van der Waals surface area (Å²) >= 11 is 3.43. The molecular weight excluding hydrogens is 386 g/mol. The SMILES string of the molecule is CCOC(=O)Cc1ccccc1OCc1nn(C)c2ncc(Br)cc12. The molecule has 0 radical (unpaired) electrons. The van der Waals surface area contributed by atoms with Crippen LogP contribution in [0, 0.1) is 0 Å². The van der Waals surface area contributed by atoms with Crippen LogP contribution in [0.3, 0.4) is 0 Å². The summed E-state index contributed by atoms with van der Waals surface area (Å²) in [6.45, 7) is 2.44. The molecule has 0 atom stereocenters. The Morgan fingerprint density at radius 2 is 2.12 bits per heavy atom. The topological polar surface area (TPSA) is 66.2 Å². The molecular formula is C18H18BrN3O3. The van der Waals surface area contributed by atoms with Gasteiger partial charge in [0.1, 0.15) is 18.1 Å². The third-order valence-corrected chi connectivity index (χ3v) is 4.13. The van der Waals surface area contributed by atoms with E-state index in [2.05, 4.69) is 26.0 Å². The maximum Gasteiger partial charge on any atom is 0.310 e. The minimum Gasteiger partial charge on any atom is -0.487 e. The highest BCUT2D eigenvalue weighted by Gasteiger charge is 2.13. The number of fused-ring (bicyclic) bond motifs is 1. The van der Waals surface area contributed by atoms with Gasteiger partial charge in [0.15, 0.2) is 5.65 Å². The molecule has 0 fully saturated rings. The van der Waals surface area contributed by atoms with Gasteiger partial charge in [0, 0.05) is 28.7 Å². The van der Waals surface area contributed by atoms with Crippen molar-refractivity contribution in [3.8, 4) is 5.75 Å². The second-order valence-corrected chi connectivity index (χ2v) is 6.39. The number of rotatable bonds is 6. The molecule has 0 aliphatic heterocycles. The number of para-hydroxylation sites is 1. The van der Waals surface area contributed by atoms with Crippen LogP contribution in [0.25, 0.3) is 11.0 Å². The normalized spacial score (nSPS) is 10.8. The number of aryl methyl sites for hydroxylation is 1. The summed E-state index contributed by atoms with van der Waals surface area (Å²) in [5.74, 6) is 0.382. The van der Waals surface area contributed by atoms with Crippen molar-refractivity contribution in [1.29, 1.82) is 0 Å². The average molecular weight is 404 g/mol. The smallest absolute Gasteiger partial charge is 0.310 e. The van der Waals surface area contributed by atoms with Gasteiger partial charge in [0.2, 0.25) is 0 Å². The molecule has 0 unspecified atom stereocenters. The van der Waals surface area contributed by atoms with E-state index in [0.29, 0.717) is 12.4 Å². The van der Waals surface area contributed by atoms with Crippen LogP contribution in [-0.2, 0) is 29.6 Å². The lowest BCUT2D eigenvalue weighted by Gasteiger charge is -2.10. The number of esters is 1. The average Bonchev–Trinajstić information content (AvgIpc) is 2.89. The van der Waals surface area contributed by atoms with Crippen molar-refractivity contribution in [1.82, 2.24) is 14.8 Å². The molecule has 0 N–H and O–H groups in total. The summed E-state index contributed by atoms with van der Waals surface area (Å²) < 4.78 is 13.6. The number of nitrogens with zero attached hydrogens (tertiary/aromatic N) is 3. The molecule has 0 amide bonds. The largest absolute Gasteiger partial charge is 0.487 e. The van der Waals surface area contributed by atoms with Crippen molar-refractivity contribution in [3.63, 3.8) is 0 Å². The molecule has 0 bridgehead atoms. The first-order chi connectivity index (χ1) is 12.1. The molecule has 2 aromatic heterocycles. The van der Waals surface area contributed by atoms with E-state index in [-0.39, 0.29) is 19.0 Å². The Bertz CT molecular complexity index is 908. The van der Waals surface area contributed by atoms with Gasteiger partial charge in [0.05, 0.1) is 13.0 Å². The highest BCUT2D eigenvalue weighted by atomic mass is 79.9. The Morgan fingerprint density at radius 3 is 2.92 bits per heavy atom. The second kappa shape index (κ2) is 7.65. The van der Waals surface area contributed by atoms with Crippen LogP contribution in [0.2, 0.25) is 0 Å². The summed E-state index contributed by atoms with van der Waals surface area (Å²) in [5.41, 5.74) is 2.37. The fourth-order valence-electron chi connectivity index (χ4n) is 2.60. The Morgan fingerprint density at radius 1 is 1.32 bits per heavy atom. The summed E-state index contributed by atoms with van der Waals surface area (Å²) in [6.07, 6.45) is 1.92. The van der Waals surface area contributed by atoms with Gasteiger partial charge in [-0.15, -0.1) is 0 Å². The van der Waals surface area contributed by atoms with Gasteiger partial charge < -0.3 is 9.47 Å². The van der Waals surface area contributed by atoms with E-state index in [1.54, 1.807) is 17.8 Å². The van der Waals surface area contributed by atoms with Crippen molar-refractivity contribution in [2.24, 2.45) is 7.05 Å². The first-order valence-electron chi connectivity index (χ1n) is 7.92. The minimum absolute atomic E-state index is 0.181. The molecule has 3 aromatic rings. The third-order valence-electron chi connectivity index (χ3n) is 3.70. The van der Waals surface area contributed by atoms with Crippen LogP contribution in [-0.4, -0.2) is 27.3 Å². The number of carbonyl (C=O) groups is 1. The first kappa shape index (κ1) is 17.4. The molecule has 0 spiro atoms. The number of pyridine rings is 1. The number of benzene rings is 1. The molecule has 7 heteroatoms. The Balaban J connectivity index is 1.80. The number of carbonyl (C=O) groups excluding carboxylic acids is 1. The zero-order valence-corrected chi connectivity index (χ0v) is 15.6. The molecule has 0 saturated heterocycles. The highest BCUT2D eigenvalue weighted by Crippen LogP contribution is 2.24. The van der Waals surface area contributed by atoms with Crippen LogP contribution in [0.4, 0.5) is 0 Å². The van der Waals surface area contributed by atoms with Crippen LogP contribution >= 0.6 is 15.9 Å². The van der Waals surface area contributed by atoms with Crippen molar-refractivity contribution >= 4 is 32.9 Å². The summed E-state index contributed by atoms with van der Waals surface area (Å²) in [4.78, 5) is 16.1. The lowest BCUT2D eigenvalue weighted by Crippen LogP contribution is -2.09. The lowest BCUT2D eigenvalue weighted by molar-refractivity contribution is -0.142. The first-order valence-corrected chi connectivity index (χ1v) is 8.71. The van der Waals surface area contributed by atoms with E-state index >= 15 is 0 Å². The van der Waals surface area contributed by atoms with Crippen molar-refractivity contribution in [3.05, 3.63) is 52.3 Å². The van der Waals surface area contributed by atoms with Gasteiger partial charge >= 0.3 is 5.97 Å². The molecule has 6 nitrogen and oxygen atoms in total. The van der Waals surface area contributed by atoms with Gasteiger partial charge in [-0.05, 0) is 35.0 Å². The Hall–Kier alpha value is -2.41. The number of aromatic nitrogens is 3. The van der Waals surface area contributed by atoms with E-state index in [1.165, 1.54) is 0 Å². The summed E-state index contributed by atoms with van der Waals surface area (Å²) in [5, 5.41) is 5.41. The van der Waals surface area contributed by atoms with Crippen molar-refractivity contribution in [2.75, 3.05) is 6.61 Å². The molecule has 2 heterocycles. The van der Waals surface area contributed by atoms with E-state index in [0.717, 1.165) is 26.8 Å². The Labute approximate surface area is 153 Å². The molecule has 0 aliphatic rings. The maximum atomic E-state index is 11.7. The summed E-state index contributed by atoms with van der Waals surface area (Å²) in [7, 11) is 1.85. The van der Waals surface area contributed by atoms with Crippen LogP contribution < -0.4 is 4.74 Å². The van der Waals surface area contributed by atoms with Gasteiger partial charge in [-0.1, -0.05) is 18.2 Å². The molecule has 1 aromatic carbocycles. The minimum atomic E-state index is -0.269. The second-order valence-electron chi connectivity index (χ2n) is 5.47. The fraction of sp³-hybridized carbons (Fsp3) is 0.278. The zero-order chi connectivity index (χ0) is 17.8. The van der Waals surface area contributed by atoms with Crippen LogP contribution in [0.5, 0.6) is 5.75 Å². The number of halogens is 1. The Kier molecular flexibility index (Phi) is 5.33. The van der Waals surface area contributed by atoms with Gasteiger partial charge in [-0.3, -0.25) is 9.48 Å². The van der Waals surface area contributed by atoms with Gasteiger partial charge in [0.25, 0.3) is 0 Å². The van der Waals surface area contributed by atoms with Gasteiger partial charge in [-0.2, -0.15) is 5.10 Å². The highest BCUT2D eigenvalue weighted by molar-refractivity contribution is 9.10. The van der Waals surface area contributed by atoms with E-state index in [1.807, 2.05) is 37.4 Å². The van der Waals surface area contributed by atoms with Crippen LogP contribution in [0.15, 0.2) is 41.0 Å². The number of ether oxygens (including phenoxy) is 2. The zero-order valence-electron chi connectivity index (χ0n) is 14.0. The van der Waals surface area contributed by atoms with Crippen molar-refractivity contribution < 1.29 is 14.3 Å². The molecule has 0 aliphatic carbocycles. The van der Waals surface area contributed by atoms with E-state index in [4.69, 9.17) is 9.47 Å². The molecule has 3 rings (SSSR count). The monoisotopic (exact) mass is 403 g/mol. The predicted octanol–water partition coefficient (Wildman–Crippen LogP) is 3.42. The van der Waals surface area contributed by atoms with E-state index < -0.39 is 0 Å². The fourth-order valence-corrected chi connectivity index (χ4v) is 2.93. The standard InChI is InChI=1S/C18H18BrN3O3/c1-3-24-17(23)8-12-6-4-5-7-16(12)25-11-15-14-9-13(19)10-20-18(14)22(2)21-15/h4-7,9-10H,3,8,11H2,1-2H3. The maximum absolute atomic E-state index is 11.7. The predicted molar refractivity (Wildman–Crippen MR) is 97.3 cm³/mol. The molecule has 25 heavy (non-hydrogen) atoms. The van der Waals surface area contributed by atoms with E-state index in [9.17, 15) is 4.79 Å². The van der Waals surface area contributed by atoms with Crippen molar-refractivity contribution in [2.45, 2.75) is 20.0 Å². The lowest BCUT2D eigenvalue weighted by atomic mass is 10.1. The third kappa shape index (κ3) is 3.99. The van der Waals surface area contributed by atoms with Crippen LogP contribution in [0.1, 0.15) is 18.2 Å². The summed E-state index contributed by atoms with van der Waals surface area (Å²) in [6, 6.07) is 9.42. The number of hydrogen-bond acceptors (Lipinski definition) is 5. The van der Waals surface area contributed by atoms with Gasteiger partial charge in [-0.25, -0.2) is 4.98 Å².